The van der Waals surface area contributed by atoms with Gasteiger partial charge >= 0.3 is 35.8 Å². The van der Waals surface area contributed by atoms with Gasteiger partial charge in [0.2, 0.25) is 0 Å². The maximum Gasteiger partial charge on any atom is 0.460 e. The van der Waals surface area contributed by atoms with Crippen LogP contribution in [-0.4, -0.2) is 48.5 Å². The molecule has 0 radical (unpaired) electrons. The molecular weight excluding hydrogens is 503 g/mol. The second-order valence-electron chi connectivity index (χ2n) is 8.03. The second-order valence-corrected chi connectivity index (χ2v) is 8.03. The highest BCUT2D eigenvalue weighted by molar-refractivity contribution is 5.10. The Kier molecular flexibility index (Phi) is 12.0. The summed E-state index contributed by atoms with van der Waals surface area (Å²) in [5.74, 6) is -36.6. The van der Waals surface area contributed by atoms with Crippen molar-refractivity contribution in [1.82, 2.24) is 0 Å². The average Bonchev–Trinajstić information content (AvgIpc) is 2.69. The van der Waals surface area contributed by atoms with Gasteiger partial charge in [-0.15, -0.1) is 0 Å². The van der Waals surface area contributed by atoms with Crippen molar-refractivity contribution in [2.24, 2.45) is 0 Å². The highest BCUT2D eigenvalue weighted by Gasteiger charge is 2.90. The molecule has 0 fully saturated rings. The first kappa shape index (κ1) is 33.0. The van der Waals surface area contributed by atoms with Crippen LogP contribution in [0.15, 0.2) is 0 Å². The first-order chi connectivity index (χ1) is 15.2. The fourth-order valence-corrected chi connectivity index (χ4v) is 3.18. The predicted octanol–water partition coefficient (Wildman–Crippen LogP) is 9.05. The quantitative estimate of drug-likeness (QED) is 0.134. The summed E-state index contributed by atoms with van der Waals surface area (Å²) < 4.78 is 176. The van der Waals surface area contributed by atoms with E-state index >= 15 is 0 Å². The Morgan fingerprint density at radius 2 is 0.971 bits per heavy atom. The number of halogens is 13. The molecule has 0 saturated heterocycles. The summed E-state index contributed by atoms with van der Waals surface area (Å²) in [4.78, 5) is 0. The molecule has 1 atom stereocenters. The standard InChI is InChI=1S/C20H29F13O/c1-3-5-6-7-8-9-10-11-14(34-4-2)12-13-15(21,22)16(23,24)17(25,26)18(27,28)19(29,30)20(31,32)33/h14H,3-13H2,1-2H3. The van der Waals surface area contributed by atoms with Crippen LogP contribution in [0.2, 0.25) is 0 Å². The van der Waals surface area contributed by atoms with Crippen molar-refractivity contribution in [3.63, 3.8) is 0 Å². The Morgan fingerprint density at radius 1 is 0.529 bits per heavy atom. The van der Waals surface area contributed by atoms with E-state index in [2.05, 4.69) is 0 Å². The van der Waals surface area contributed by atoms with Gasteiger partial charge in [0.25, 0.3) is 0 Å². The molecule has 0 spiro atoms. The Bertz CT molecular complexity index is 588. The molecule has 0 aliphatic carbocycles. The van der Waals surface area contributed by atoms with Crippen molar-refractivity contribution in [1.29, 1.82) is 0 Å². The van der Waals surface area contributed by atoms with Gasteiger partial charge in [-0.2, -0.15) is 57.1 Å². The molecule has 0 bridgehead atoms. The predicted molar refractivity (Wildman–Crippen MR) is 98.0 cm³/mol. The minimum Gasteiger partial charge on any atom is -0.379 e. The molecule has 1 nitrogen and oxygen atoms in total. The Hall–Kier alpha value is -0.950. The van der Waals surface area contributed by atoms with Crippen LogP contribution in [0.3, 0.4) is 0 Å². The van der Waals surface area contributed by atoms with Crippen LogP contribution in [0.5, 0.6) is 0 Å². The number of hydrogen-bond acceptors (Lipinski definition) is 1. The summed E-state index contributed by atoms with van der Waals surface area (Å²) in [6.07, 6.45) is -6.08. The van der Waals surface area contributed by atoms with E-state index < -0.39 is 54.7 Å². The monoisotopic (exact) mass is 532 g/mol. The number of alkyl halides is 13. The molecule has 0 N–H and O–H groups in total. The number of rotatable bonds is 17. The lowest BCUT2D eigenvalue weighted by Crippen LogP contribution is -2.70. The van der Waals surface area contributed by atoms with E-state index in [-0.39, 0.29) is 13.0 Å². The van der Waals surface area contributed by atoms with Gasteiger partial charge in [-0.25, -0.2) is 0 Å². The summed E-state index contributed by atoms with van der Waals surface area (Å²) in [5, 5.41) is 0. The largest absolute Gasteiger partial charge is 0.460 e. The van der Waals surface area contributed by atoms with E-state index in [0.29, 0.717) is 12.8 Å². The molecular formula is C20H29F13O. The molecule has 0 aromatic carbocycles. The molecule has 0 heterocycles. The van der Waals surface area contributed by atoms with Crippen LogP contribution >= 0.6 is 0 Å². The molecule has 0 aromatic heterocycles. The summed E-state index contributed by atoms with van der Waals surface area (Å²) in [6.45, 7) is 3.33. The molecule has 0 aliphatic rings. The van der Waals surface area contributed by atoms with Crippen LogP contribution in [0.1, 0.15) is 78.1 Å². The van der Waals surface area contributed by atoms with E-state index in [4.69, 9.17) is 4.74 Å². The van der Waals surface area contributed by atoms with Crippen molar-refractivity contribution >= 4 is 0 Å². The fraction of sp³-hybridized carbons (Fsp3) is 1.00. The van der Waals surface area contributed by atoms with Gasteiger partial charge in [0, 0.05) is 13.0 Å². The van der Waals surface area contributed by atoms with Crippen LogP contribution in [0.4, 0.5) is 57.1 Å². The molecule has 0 aromatic rings. The Labute approximate surface area is 189 Å². The van der Waals surface area contributed by atoms with E-state index in [1.165, 1.54) is 6.92 Å². The average molecular weight is 532 g/mol. The van der Waals surface area contributed by atoms with Gasteiger partial charge in [0.05, 0.1) is 6.10 Å². The Morgan fingerprint density at radius 3 is 1.41 bits per heavy atom. The number of ether oxygens (including phenoxy) is 1. The van der Waals surface area contributed by atoms with E-state index in [9.17, 15) is 57.1 Å². The first-order valence-electron chi connectivity index (χ1n) is 10.8. The van der Waals surface area contributed by atoms with E-state index in [1.54, 1.807) is 0 Å². The molecule has 0 rings (SSSR count). The smallest absolute Gasteiger partial charge is 0.379 e. The van der Waals surface area contributed by atoms with Gasteiger partial charge < -0.3 is 4.74 Å². The van der Waals surface area contributed by atoms with Crippen LogP contribution < -0.4 is 0 Å². The minimum absolute atomic E-state index is 0.0436. The van der Waals surface area contributed by atoms with Gasteiger partial charge in [0.1, 0.15) is 0 Å². The van der Waals surface area contributed by atoms with Crippen molar-refractivity contribution in [3.8, 4) is 0 Å². The normalized spacial score (nSPS) is 15.6. The van der Waals surface area contributed by atoms with Crippen LogP contribution in [0.25, 0.3) is 0 Å². The molecule has 0 aliphatic heterocycles. The van der Waals surface area contributed by atoms with Gasteiger partial charge in [-0.1, -0.05) is 51.9 Å². The lowest BCUT2D eigenvalue weighted by molar-refractivity contribution is -0.440. The molecule has 0 saturated carbocycles. The molecule has 206 valence electrons. The van der Waals surface area contributed by atoms with Gasteiger partial charge in [0.15, 0.2) is 0 Å². The SMILES string of the molecule is CCCCCCCCCC(CCC(F)(F)C(F)(F)C(F)(F)C(F)(F)C(F)(F)C(F)(F)F)OCC. The minimum atomic E-state index is -7.86. The number of unbranched alkanes of at least 4 members (excludes halogenated alkanes) is 6. The van der Waals surface area contributed by atoms with Crippen molar-refractivity contribution < 1.29 is 61.8 Å². The summed E-state index contributed by atoms with van der Waals surface area (Å²) in [6, 6.07) is 0. The zero-order valence-corrected chi connectivity index (χ0v) is 18.7. The molecule has 0 amide bonds. The maximum atomic E-state index is 13.9. The molecule has 14 heteroatoms. The third-order valence-corrected chi connectivity index (χ3v) is 5.31. The molecule has 34 heavy (non-hydrogen) atoms. The van der Waals surface area contributed by atoms with Crippen LogP contribution in [-0.2, 0) is 4.74 Å². The highest BCUT2D eigenvalue weighted by atomic mass is 19.4. The van der Waals surface area contributed by atoms with Crippen LogP contribution in [0, 0.1) is 0 Å². The Balaban J connectivity index is 5.35. The fourth-order valence-electron chi connectivity index (χ4n) is 3.18. The lowest BCUT2D eigenvalue weighted by atomic mass is 9.91. The highest BCUT2D eigenvalue weighted by Crippen LogP contribution is 2.60. The maximum absolute atomic E-state index is 13.9. The van der Waals surface area contributed by atoms with Gasteiger partial charge in [-0.3, -0.25) is 0 Å². The lowest BCUT2D eigenvalue weighted by Gasteiger charge is -2.40. The summed E-state index contributed by atoms with van der Waals surface area (Å²) in [7, 11) is 0. The first-order valence-corrected chi connectivity index (χ1v) is 10.8. The zero-order valence-electron chi connectivity index (χ0n) is 18.7. The van der Waals surface area contributed by atoms with Gasteiger partial charge in [-0.05, 0) is 19.8 Å². The van der Waals surface area contributed by atoms with Crippen molar-refractivity contribution in [3.05, 3.63) is 0 Å². The third-order valence-electron chi connectivity index (χ3n) is 5.31. The third kappa shape index (κ3) is 7.28. The summed E-state index contributed by atoms with van der Waals surface area (Å²) >= 11 is 0. The number of hydrogen-bond donors (Lipinski definition) is 0. The molecule has 1 unspecified atom stereocenters. The zero-order chi connectivity index (χ0) is 27.1. The van der Waals surface area contributed by atoms with E-state index in [0.717, 1.165) is 32.1 Å². The van der Waals surface area contributed by atoms with Crippen molar-refractivity contribution in [2.45, 2.75) is 120 Å². The summed E-state index contributed by atoms with van der Waals surface area (Å²) in [5.41, 5.74) is 0. The van der Waals surface area contributed by atoms with E-state index in [1.807, 2.05) is 6.92 Å². The second kappa shape index (κ2) is 12.3. The van der Waals surface area contributed by atoms with Crippen molar-refractivity contribution in [2.75, 3.05) is 6.61 Å². The topological polar surface area (TPSA) is 9.23 Å².